The van der Waals surface area contributed by atoms with Crippen LogP contribution in [0.1, 0.15) is 45.7 Å². The lowest BCUT2D eigenvalue weighted by molar-refractivity contribution is 0.783. The Labute approximate surface area is 146 Å². The summed E-state index contributed by atoms with van der Waals surface area (Å²) in [5.74, 6) is 0.543. The lowest BCUT2D eigenvalue weighted by atomic mass is 10.1. The molecule has 3 aromatic heterocycles. The van der Waals surface area contributed by atoms with Gasteiger partial charge in [0.1, 0.15) is 17.8 Å². The number of hydrogen-bond donors (Lipinski definition) is 1. The van der Waals surface area contributed by atoms with Crippen LogP contribution in [0.2, 0.25) is 0 Å². The summed E-state index contributed by atoms with van der Waals surface area (Å²) in [7, 11) is 0. The smallest absolute Gasteiger partial charge is 0.145 e. The Morgan fingerprint density at radius 2 is 1.67 bits per heavy atom. The molecule has 3 rings (SSSR count). The Hall–Kier alpha value is -2.37. The number of anilines is 1. The number of hydrogen-bond acceptors (Lipinski definition) is 4. The van der Waals surface area contributed by atoms with Crippen LogP contribution >= 0.6 is 0 Å². The summed E-state index contributed by atoms with van der Waals surface area (Å²) < 4.78 is 2.10. The summed E-state index contributed by atoms with van der Waals surface area (Å²) in [4.78, 5) is 12.5. The zero-order chi connectivity index (χ0) is 17.2. The number of pyridine rings is 1. The molecule has 0 aromatic carbocycles. The molecule has 0 aliphatic carbocycles. The van der Waals surface area contributed by atoms with Crippen molar-refractivity contribution >= 4 is 25.3 Å². The number of nitrogen functional groups attached to an aromatic ring is 1. The molecule has 6 heteroatoms. The molecule has 0 spiro atoms. The minimum atomic E-state index is 0. The molecule has 0 saturated heterocycles. The van der Waals surface area contributed by atoms with Gasteiger partial charge in [-0.25, -0.2) is 9.97 Å². The van der Waals surface area contributed by atoms with E-state index in [1.165, 1.54) is 11.9 Å². The Morgan fingerprint density at radius 1 is 1.04 bits per heavy atom. The van der Waals surface area contributed by atoms with E-state index in [2.05, 4.69) is 32.6 Å². The van der Waals surface area contributed by atoms with E-state index in [9.17, 15) is 0 Å². The number of nitrogens with two attached hydrogens (primary N) is 1. The standard InChI is InChI=1S/C14H15N5.2C2H6.B/c1-2-19-8-11(7-10-3-5-16-6-4-10)12-13(15)17-9-18-14(12)19;2*1-2;/h3-6,8-9H,2,7H2,1H3,(H2,15,17,18);2*1-2H3;. The lowest BCUT2D eigenvalue weighted by Gasteiger charge is -2.01. The largest absolute Gasteiger partial charge is 0.383 e. The van der Waals surface area contributed by atoms with Gasteiger partial charge >= 0.3 is 0 Å². The number of rotatable bonds is 3. The molecule has 3 heterocycles. The highest BCUT2D eigenvalue weighted by Gasteiger charge is 2.12. The molecule has 0 aliphatic heterocycles. The SMILES string of the molecule is CC.CC.CCn1cc(Cc2ccncc2)c2c(N)ncnc21.[B]. The quantitative estimate of drug-likeness (QED) is 0.746. The first-order chi connectivity index (χ1) is 11.3. The maximum Gasteiger partial charge on any atom is 0.145 e. The van der Waals surface area contributed by atoms with E-state index in [4.69, 9.17) is 5.73 Å². The van der Waals surface area contributed by atoms with Crippen LogP contribution in [0.3, 0.4) is 0 Å². The summed E-state index contributed by atoms with van der Waals surface area (Å²) >= 11 is 0. The van der Waals surface area contributed by atoms with Gasteiger partial charge in [0.05, 0.1) is 5.39 Å². The predicted octanol–water partition coefficient (Wildman–Crippen LogP) is 3.69. The molecule has 24 heavy (non-hydrogen) atoms. The fraction of sp³-hybridized carbons (Fsp3) is 0.389. The van der Waals surface area contributed by atoms with Gasteiger partial charge in [-0.1, -0.05) is 27.7 Å². The minimum Gasteiger partial charge on any atom is -0.383 e. The third-order valence-corrected chi connectivity index (χ3v) is 3.25. The van der Waals surface area contributed by atoms with E-state index in [0.29, 0.717) is 5.82 Å². The van der Waals surface area contributed by atoms with Crippen LogP contribution < -0.4 is 5.73 Å². The molecule has 0 aliphatic rings. The van der Waals surface area contributed by atoms with Crippen molar-refractivity contribution in [3.05, 3.63) is 48.2 Å². The average molecular weight is 324 g/mol. The van der Waals surface area contributed by atoms with E-state index in [1.807, 2.05) is 39.8 Å². The molecule has 0 amide bonds. The molecule has 0 bridgehead atoms. The van der Waals surface area contributed by atoms with Gasteiger partial charge in [-0.3, -0.25) is 4.98 Å². The van der Waals surface area contributed by atoms with Crippen LogP contribution in [0.4, 0.5) is 5.82 Å². The molecule has 0 unspecified atom stereocenters. The van der Waals surface area contributed by atoms with Crippen molar-refractivity contribution in [1.82, 2.24) is 19.5 Å². The van der Waals surface area contributed by atoms with Crippen LogP contribution in [0, 0.1) is 0 Å². The predicted molar refractivity (Wildman–Crippen MR) is 103 cm³/mol. The molecule has 3 radical (unpaired) electrons. The summed E-state index contributed by atoms with van der Waals surface area (Å²) in [5, 5.41) is 0.959. The van der Waals surface area contributed by atoms with Crippen molar-refractivity contribution in [2.75, 3.05) is 5.73 Å². The van der Waals surface area contributed by atoms with E-state index in [0.717, 1.165) is 29.6 Å². The zero-order valence-corrected chi connectivity index (χ0v) is 15.3. The molecular weight excluding hydrogens is 297 g/mol. The van der Waals surface area contributed by atoms with E-state index >= 15 is 0 Å². The Bertz CT molecular complexity index is 710. The van der Waals surface area contributed by atoms with Crippen molar-refractivity contribution in [3.8, 4) is 0 Å². The van der Waals surface area contributed by atoms with Gasteiger partial charge in [-0.15, -0.1) is 0 Å². The summed E-state index contributed by atoms with van der Waals surface area (Å²) in [6.45, 7) is 11.0. The average Bonchev–Trinajstić information content (AvgIpc) is 2.98. The highest BCUT2D eigenvalue weighted by molar-refractivity contribution is 5.90. The Morgan fingerprint density at radius 3 is 2.25 bits per heavy atom. The number of aryl methyl sites for hydroxylation is 1. The van der Waals surface area contributed by atoms with Gasteiger partial charge in [-0.05, 0) is 36.6 Å². The maximum atomic E-state index is 6.00. The van der Waals surface area contributed by atoms with Crippen LogP contribution in [0.5, 0.6) is 0 Å². The van der Waals surface area contributed by atoms with Gasteiger partial charge in [0.2, 0.25) is 0 Å². The molecule has 3 aromatic rings. The second-order valence-corrected chi connectivity index (χ2v) is 4.43. The number of aromatic nitrogens is 4. The molecule has 0 atom stereocenters. The van der Waals surface area contributed by atoms with Crippen LogP contribution in [0.15, 0.2) is 37.1 Å². The maximum absolute atomic E-state index is 6.00. The lowest BCUT2D eigenvalue weighted by Crippen LogP contribution is -1.96. The summed E-state index contributed by atoms with van der Waals surface area (Å²) in [6, 6.07) is 4.02. The number of nitrogens with zero attached hydrogens (tertiary/aromatic N) is 4. The van der Waals surface area contributed by atoms with E-state index in [-0.39, 0.29) is 8.41 Å². The van der Waals surface area contributed by atoms with Crippen molar-refractivity contribution < 1.29 is 0 Å². The Balaban J connectivity index is 0.000000987. The topological polar surface area (TPSA) is 69.6 Å². The van der Waals surface area contributed by atoms with E-state index < -0.39 is 0 Å². The summed E-state index contributed by atoms with van der Waals surface area (Å²) in [6.07, 6.45) is 8.03. The van der Waals surface area contributed by atoms with Crippen molar-refractivity contribution in [2.24, 2.45) is 0 Å². The minimum absolute atomic E-state index is 0. The first-order valence-corrected chi connectivity index (χ1v) is 8.26. The van der Waals surface area contributed by atoms with Crippen molar-refractivity contribution in [1.29, 1.82) is 0 Å². The van der Waals surface area contributed by atoms with Crippen LogP contribution in [-0.2, 0) is 13.0 Å². The normalized spacial score (nSPS) is 9.21. The molecule has 0 saturated carbocycles. The summed E-state index contributed by atoms with van der Waals surface area (Å²) in [5.41, 5.74) is 9.26. The molecule has 2 N–H and O–H groups in total. The van der Waals surface area contributed by atoms with Gasteiger partial charge in [-0.2, -0.15) is 0 Å². The third-order valence-electron chi connectivity index (χ3n) is 3.25. The molecule has 5 nitrogen and oxygen atoms in total. The Kier molecular flexibility index (Phi) is 10.1. The van der Waals surface area contributed by atoms with Crippen LogP contribution in [0.25, 0.3) is 11.0 Å². The zero-order valence-electron chi connectivity index (χ0n) is 15.3. The highest BCUT2D eigenvalue weighted by atomic mass is 15.1. The second-order valence-electron chi connectivity index (χ2n) is 4.43. The van der Waals surface area contributed by atoms with Gasteiger partial charge < -0.3 is 10.3 Å². The fourth-order valence-corrected chi connectivity index (χ4v) is 2.32. The first-order valence-electron chi connectivity index (χ1n) is 8.26. The molecular formula is C18H27BN5. The van der Waals surface area contributed by atoms with Gasteiger partial charge in [0.15, 0.2) is 0 Å². The number of fused-ring (bicyclic) bond motifs is 1. The fourth-order valence-electron chi connectivity index (χ4n) is 2.32. The third kappa shape index (κ3) is 4.81. The van der Waals surface area contributed by atoms with E-state index in [1.54, 1.807) is 12.4 Å². The highest BCUT2D eigenvalue weighted by Crippen LogP contribution is 2.25. The second kappa shape index (κ2) is 11.2. The van der Waals surface area contributed by atoms with Crippen molar-refractivity contribution in [2.45, 2.75) is 47.6 Å². The van der Waals surface area contributed by atoms with Crippen molar-refractivity contribution in [3.63, 3.8) is 0 Å². The monoisotopic (exact) mass is 324 g/mol. The molecule has 127 valence electrons. The molecule has 0 fully saturated rings. The van der Waals surface area contributed by atoms with Crippen LogP contribution in [-0.4, -0.2) is 27.9 Å². The first kappa shape index (κ1) is 21.6. The van der Waals surface area contributed by atoms with Gasteiger partial charge in [0.25, 0.3) is 0 Å². The van der Waals surface area contributed by atoms with Gasteiger partial charge in [0, 0.05) is 33.5 Å².